The average Bonchev–Trinajstić information content (AvgIpc) is 2.73. The van der Waals surface area contributed by atoms with Crippen LogP contribution in [-0.4, -0.2) is 13.3 Å². The molecule has 0 spiro atoms. The van der Waals surface area contributed by atoms with E-state index in [1.54, 1.807) is 0 Å². The predicted octanol–water partition coefficient (Wildman–Crippen LogP) is 2.23. The van der Waals surface area contributed by atoms with Crippen LogP contribution < -0.4 is 29.1 Å². The summed E-state index contributed by atoms with van der Waals surface area (Å²) in [6.07, 6.45) is 0. The Labute approximate surface area is 162 Å². The van der Waals surface area contributed by atoms with Gasteiger partial charge in [0.15, 0.2) is 0 Å². The summed E-state index contributed by atoms with van der Waals surface area (Å²) >= 11 is -3.16. The van der Waals surface area contributed by atoms with Crippen molar-refractivity contribution in [1.29, 1.82) is 0 Å². The van der Waals surface area contributed by atoms with Crippen LogP contribution in [0.15, 0.2) is 109 Å². The van der Waals surface area contributed by atoms with E-state index in [2.05, 4.69) is 84.9 Å². The third-order valence-electron chi connectivity index (χ3n) is 5.10. The SMILES string of the molecule is Nc1cc[c]([Ge]([c]2ccccc2)([c]2ccccc2)[c]2ccc(N)cc2)cc1. The molecule has 0 aliphatic carbocycles. The Bertz CT molecular complexity index is 924. The van der Waals surface area contributed by atoms with Crippen molar-refractivity contribution in [2.24, 2.45) is 0 Å². The topological polar surface area (TPSA) is 52.0 Å². The van der Waals surface area contributed by atoms with Crippen molar-refractivity contribution in [3.63, 3.8) is 0 Å². The first kappa shape index (κ1) is 17.4. The molecular weight excluding hydrogens is 389 g/mol. The normalized spacial score (nSPS) is 11.3. The molecular formula is C24H22GeN2. The van der Waals surface area contributed by atoms with Gasteiger partial charge in [0.05, 0.1) is 0 Å². The Morgan fingerprint density at radius 1 is 0.370 bits per heavy atom. The van der Waals surface area contributed by atoms with Gasteiger partial charge in [-0.15, -0.1) is 0 Å². The van der Waals surface area contributed by atoms with Gasteiger partial charge in [-0.3, -0.25) is 0 Å². The van der Waals surface area contributed by atoms with Crippen LogP contribution in [0.5, 0.6) is 0 Å². The molecule has 4 aromatic carbocycles. The number of rotatable bonds is 4. The molecule has 4 aromatic rings. The van der Waals surface area contributed by atoms with E-state index in [1.165, 1.54) is 17.6 Å². The van der Waals surface area contributed by atoms with E-state index in [-0.39, 0.29) is 0 Å². The summed E-state index contributed by atoms with van der Waals surface area (Å²) in [7, 11) is 0. The van der Waals surface area contributed by atoms with Crippen molar-refractivity contribution >= 4 is 42.2 Å². The van der Waals surface area contributed by atoms with Crippen LogP contribution >= 0.6 is 0 Å². The average molecular weight is 411 g/mol. The van der Waals surface area contributed by atoms with Gasteiger partial charge in [0.2, 0.25) is 0 Å². The summed E-state index contributed by atoms with van der Waals surface area (Å²) in [4.78, 5) is 0. The predicted molar refractivity (Wildman–Crippen MR) is 119 cm³/mol. The van der Waals surface area contributed by atoms with Gasteiger partial charge >= 0.3 is 163 Å². The molecule has 0 unspecified atom stereocenters. The van der Waals surface area contributed by atoms with Gasteiger partial charge in [-0.05, 0) is 0 Å². The molecule has 0 aliphatic heterocycles. The number of nitrogen functional groups attached to an aromatic ring is 2. The molecule has 0 radical (unpaired) electrons. The maximum absolute atomic E-state index is 6.01. The summed E-state index contributed by atoms with van der Waals surface area (Å²) < 4.78 is 5.48. The van der Waals surface area contributed by atoms with Crippen molar-refractivity contribution in [3.8, 4) is 0 Å². The summed E-state index contributed by atoms with van der Waals surface area (Å²) in [5.74, 6) is 0. The molecule has 0 saturated carbocycles. The van der Waals surface area contributed by atoms with E-state index in [0.717, 1.165) is 11.4 Å². The maximum atomic E-state index is 6.01. The molecule has 0 fully saturated rings. The third kappa shape index (κ3) is 3.13. The van der Waals surface area contributed by atoms with Crippen molar-refractivity contribution in [2.45, 2.75) is 0 Å². The summed E-state index contributed by atoms with van der Waals surface area (Å²) in [6.45, 7) is 0. The van der Waals surface area contributed by atoms with Gasteiger partial charge in [0.1, 0.15) is 0 Å². The number of hydrogen-bond donors (Lipinski definition) is 2. The van der Waals surface area contributed by atoms with E-state index in [1.807, 2.05) is 24.3 Å². The summed E-state index contributed by atoms with van der Waals surface area (Å²) in [6, 6.07) is 38.6. The molecule has 0 aromatic heterocycles. The Kier molecular flexibility index (Phi) is 4.74. The van der Waals surface area contributed by atoms with E-state index in [0.29, 0.717) is 0 Å². The zero-order valence-electron chi connectivity index (χ0n) is 15.0. The van der Waals surface area contributed by atoms with Crippen LogP contribution in [0, 0.1) is 0 Å². The summed E-state index contributed by atoms with van der Waals surface area (Å²) in [5.41, 5.74) is 13.6. The van der Waals surface area contributed by atoms with Crippen molar-refractivity contribution in [2.75, 3.05) is 11.5 Å². The van der Waals surface area contributed by atoms with E-state index < -0.39 is 13.3 Å². The first-order valence-electron chi connectivity index (χ1n) is 9.04. The Hall–Kier alpha value is -2.98. The number of nitrogens with two attached hydrogens (primary N) is 2. The van der Waals surface area contributed by atoms with Crippen molar-refractivity contribution in [3.05, 3.63) is 109 Å². The van der Waals surface area contributed by atoms with Gasteiger partial charge in [-0.1, -0.05) is 0 Å². The van der Waals surface area contributed by atoms with Crippen molar-refractivity contribution < 1.29 is 0 Å². The fraction of sp³-hybridized carbons (Fsp3) is 0. The molecule has 132 valence electrons. The van der Waals surface area contributed by atoms with Gasteiger partial charge in [0.25, 0.3) is 0 Å². The third-order valence-corrected chi connectivity index (χ3v) is 15.2. The second kappa shape index (κ2) is 7.33. The molecule has 0 aliphatic rings. The number of hydrogen-bond acceptors (Lipinski definition) is 2. The zero-order chi connectivity index (χ0) is 18.7. The van der Waals surface area contributed by atoms with Gasteiger partial charge in [-0.2, -0.15) is 0 Å². The molecule has 0 atom stereocenters. The second-order valence-electron chi connectivity index (χ2n) is 6.73. The molecule has 2 nitrogen and oxygen atoms in total. The molecule has 3 heteroatoms. The standard InChI is InChI=1S/C24H22GeN2/c26-23-15-11-21(12-16-23)25(19-7-3-1-4-8-19,20-9-5-2-6-10-20)22-13-17-24(27)18-14-22/h1-18H,26-27H2. The first-order chi connectivity index (χ1) is 13.2. The Balaban J connectivity index is 2.11. The quantitative estimate of drug-likeness (QED) is 0.400. The van der Waals surface area contributed by atoms with Gasteiger partial charge in [0, 0.05) is 0 Å². The van der Waals surface area contributed by atoms with Crippen LogP contribution in [0.25, 0.3) is 0 Å². The zero-order valence-corrected chi connectivity index (χ0v) is 17.1. The fourth-order valence-corrected chi connectivity index (χ4v) is 13.7. The molecule has 27 heavy (non-hydrogen) atoms. The molecule has 0 amide bonds. The van der Waals surface area contributed by atoms with Gasteiger partial charge in [-0.25, -0.2) is 0 Å². The van der Waals surface area contributed by atoms with Crippen LogP contribution in [0.3, 0.4) is 0 Å². The second-order valence-corrected chi connectivity index (χ2v) is 14.7. The van der Waals surface area contributed by atoms with Crippen LogP contribution in [0.1, 0.15) is 0 Å². The van der Waals surface area contributed by atoms with Gasteiger partial charge < -0.3 is 0 Å². The molecule has 0 bridgehead atoms. The molecule has 0 saturated heterocycles. The number of anilines is 2. The van der Waals surface area contributed by atoms with E-state index >= 15 is 0 Å². The molecule has 0 heterocycles. The minimum atomic E-state index is -3.16. The van der Waals surface area contributed by atoms with Crippen LogP contribution in [-0.2, 0) is 0 Å². The van der Waals surface area contributed by atoms with Crippen LogP contribution in [0.4, 0.5) is 11.4 Å². The Morgan fingerprint density at radius 3 is 1.00 bits per heavy atom. The van der Waals surface area contributed by atoms with E-state index in [9.17, 15) is 0 Å². The first-order valence-corrected chi connectivity index (χ1v) is 13.2. The summed E-state index contributed by atoms with van der Waals surface area (Å²) in [5, 5.41) is 0. The fourth-order valence-electron chi connectivity index (χ4n) is 3.84. The minimum absolute atomic E-state index is 0.786. The van der Waals surface area contributed by atoms with Crippen LogP contribution in [0.2, 0.25) is 0 Å². The molecule has 4 rings (SSSR count). The Morgan fingerprint density at radius 2 is 0.667 bits per heavy atom. The monoisotopic (exact) mass is 412 g/mol. The van der Waals surface area contributed by atoms with Crippen molar-refractivity contribution in [1.82, 2.24) is 0 Å². The molecule has 4 N–H and O–H groups in total. The van der Waals surface area contributed by atoms with E-state index in [4.69, 9.17) is 11.5 Å². The number of benzene rings is 4.